The molecule has 0 fully saturated rings. The van der Waals surface area contributed by atoms with Gasteiger partial charge in [-0.05, 0) is 61.6 Å². The van der Waals surface area contributed by atoms with E-state index in [0.717, 1.165) is 23.7 Å². The number of carbonyl (C=O) groups excluding carboxylic acids is 2. The van der Waals surface area contributed by atoms with E-state index in [-0.39, 0.29) is 41.3 Å². The predicted molar refractivity (Wildman–Crippen MR) is 178 cm³/mol. The first-order chi connectivity index (χ1) is 18.7. The van der Waals surface area contributed by atoms with Crippen molar-refractivity contribution in [2.45, 2.75) is 151 Å². The molecule has 0 radical (unpaired) electrons. The van der Waals surface area contributed by atoms with Crippen molar-refractivity contribution in [2.75, 3.05) is 0 Å². The number of hydrogen-bond acceptors (Lipinski definition) is 5. The molecule has 0 aromatic heterocycles. The molecular weight excluding hydrogens is 545 g/mol. The third-order valence-electron chi connectivity index (χ3n) is 10.0. The molecule has 0 saturated carbocycles. The van der Waals surface area contributed by atoms with Gasteiger partial charge < -0.3 is 13.6 Å². The van der Waals surface area contributed by atoms with Crippen LogP contribution in [0.1, 0.15) is 95.9 Å². The molecule has 0 spiro atoms. The molecule has 1 unspecified atom stereocenters. The highest BCUT2D eigenvalue weighted by Crippen LogP contribution is 2.42. The molecule has 1 rings (SSSR count). The largest absolute Gasteiger partial charge is 0.457 e. The van der Waals surface area contributed by atoms with E-state index < -0.39 is 34.1 Å². The monoisotopic (exact) mass is 606 g/mol. The van der Waals surface area contributed by atoms with Crippen molar-refractivity contribution in [2.24, 2.45) is 17.3 Å². The summed E-state index contributed by atoms with van der Waals surface area (Å²) in [4.78, 5) is 27.9. The Bertz CT molecular complexity index is 960. The standard InChI is InChI=1S/C34H62O5Si2/c1-16-25(6)31(39-40(14,15)33(9,10)11)27(8)32(36)34(12,13)29(38-41(17-2,18-3)19-4)23-30(35)37-28-21-20-24(5)22-26(28)7/h16,20,22,25,27-29,31H,1,17-19,21,23H2,2-15H3/t25-,27+,28?,29-,31-/m0/s1. The Balaban J connectivity index is 3.42. The molecule has 0 bridgehead atoms. The molecule has 0 heterocycles. The van der Waals surface area contributed by atoms with Gasteiger partial charge in [0.1, 0.15) is 11.9 Å². The number of hydrogen-bond donors (Lipinski definition) is 0. The minimum absolute atomic E-state index is 0.00354. The van der Waals surface area contributed by atoms with Crippen molar-refractivity contribution < 1.29 is 23.2 Å². The fourth-order valence-corrected chi connectivity index (χ4v) is 9.88. The van der Waals surface area contributed by atoms with Gasteiger partial charge in [0, 0.05) is 17.8 Å². The van der Waals surface area contributed by atoms with Crippen LogP contribution in [0.25, 0.3) is 0 Å². The summed E-state index contributed by atoms with van der Waals surface area (Å²) in [5.41, 5.74) is 1.31. The van der Waals surface area contributed by atoms with Crippen LogP contribution in [0.2, 0.25) is 36.3 Å². The fourth-order valence-electron chi connectivity index (χ4n) is 5.45. The summed E-state index contributed by atoms with van der Waals surface area (Å²) in [6.45, 7) is 33.7. The van der Waals surface area contributed by atoms with Crippen LogP contribution in [0, 0.1) is 17.3 Å². The minimum atomic E-state index is -2.17. The molecule has 0 aliphatic heterocycles. The highest BCUT2D eigenvalue weighted by Gasteiger charge is 2.49. The van der Waals surface area contributed by atoms with Crippen molar-refractivity contribution in [3.05, 3.63) is 36.0 Å². The maximum atomic E-state index is 14.5. The zero-order chi connectivity index (χ0) is 32.0. The Morgan fingerprint density at radius 1 is 1.02 bits per heavy atom. The molecule has 5 atom stereocenters. The Hall–Kier alpha value is -1.29. The van der Waals surface area contributed by atoms with Crippen molar-refractivity contribution >= 4 is 28.4 Å². The Labute approximate surface area is 254 Å². The van der Waals surface area contributed by atoms with Gasteiger partial charge >= 0.3 is 5.97 Å². The highest BCUT2D eigenvalue weighted by atomic mass is 28.4. The average Bonchev–Trinajstić information content (AvgIpc) is 2.89. The lowest BCUT2D eigenvalue weighted by Gasteiger charge is -2.45. The van der Waals surface area contributed by atoms with Gasteiger partial charge in [-0.1, -0.05) is 93.0 Å². The second kappa shape index (κ2) is 14.9. The van der Waals surface area contributed by atoms with E-state index in [1.54, 1.807) is 0 Å². The summed E-state index contributed by atoms with van der Waals surface area (Å²) in [6, 6.07) is 2.81. The Morgan fingerprint density at radius 2 is 1.56 bits per heavy atom. The molecule has 0 aromatic carbocycles. The van der Waals surface area contributed by atoms with Gasteiger partial charge in [-0.3, -0.25) is 9.59 Å². The molecule has 236 valence electrons. The summed E-state index contributed by atoms with van der Waals surface area (Å²) >= 11 is 0. The molecule has 0 amide bonds. The van der Waals surface area contributed by atoms with E-state index in [0.29, 0.717) is 6.42 Å². The van der Waals surface area contributed by atoms with E-state index in [1.807, 2.05) is 33.8 Å². The van der Waals surface area contributed by atoms with Crippen LogP contribution in [0.15, 0.2) is 36.0 Å². The quantitative estimate of drug-likeness (QED) is 0.0995. The number of ether oxygens (including phenoxy) is 1. The zero-order valence-electron chi connectivity index (χ0n) is 28.9. The van der Waals surface area contributed by atoms with Crippen LogP contribution in [-0.2, 0) is 23.2 Å². The second-order valence-corrected chi connectivity index (χ2v) is 23.9. The maximum Gasteiger partial charge on any atom is 0.309 e. The zero-order valence-corrected chi connectivity index (χ0v) is 30.9. The molecule has 1 aliphatic carbocycles. The third-order valence-corrected chi connectivity index (χ3v) is 19.2. The fraction of sp³-hybridized carbons (Fsp3) is 0.765. The van der Waals surface area contributed by atoms with Gasteiger partial charge in [0.25, 0.3) is 0 Å². The van der Waals surface area contributed by atoms with E-state index in [1.165, 1.54) is 5.57 Å². The van der Waals surface area contributed by atoms with Crippen molar-refractivity contribution in [3.8, 4) is 0 Å². The number of allylic oxidation sites excluding steroid dienone is 2. The normalized spacial score (nSPS) is 19.9. The first-order valence-corrected chi connectivity index (χ1v) is 21.2. The number of Topliss-reactive ketones (excluding diaryl/α,β-unsaturated/α-hetero) is 1. The Kier molecular flexibility index (Phi) is 13.7. The lowest BCUT2D eigenvalue weighted by molar-refractivity contribution is -0.153. The maximum absolute atomic E-state index is 14.5. The van der Waals surface area contributed by atoms with Gasteiger partial charge in [0.05, 0.1) is 18.6 Å². The summed E-state index contributed by atoms with van der Waals surface area (Å²) in [7, 11) is -4.32. The number of ketones is 1. The third kappa shape index (κ3) is 9.60. The van der Waals surface area contributed by atoms with E-state index in [2.05, 4.69) is 87.2 Å². The number of rotatable bonds is 16. The summed E-state index contributed by atoms with van der Waals surface area (Å²) in [6.07, 6.45) is 5.63. The van der Waals surface area contributed by atoms with E-state index in [9.17, 15) is 9.59 Å². The summed E-state index contributed by atoms with van der Waals surface area (Å²) < 4.78 is 19.9. The lowest BCUT2D eigenvalue weighted by atomic mass is 9.73. The minimum Gasteiger partial charge on any atom is -0.457 e. The van der Waals surface area contributed by atoms with Crippen LogP contribution in [0.3, 0.4) is 0 Å². The van der Waals surface area contributed by atoms with Crippen LogP contribution in [-0.4, -0.2) is 46.7 Å². The molecule has 1 aliphatic rings. The van der Waals surface area contributed by atoms with Crippen LogP contribution in [0.5, 0.6) is 0 Å². The molecular formula is C34H62O5Si2. The average molecular weight is 607 g/mol. The number of esters is 1. The van der Waals surface area contributed by atoms with E-state index in [4.69, 9.17) is 13.6 Å². The van der Waals surface area contributed by atoms with Gasteiger partial charge in [-0.2, -0.15) is 0 Å². The topological polar surface area (TPSA) is 61.8 Å². The smallest absolute Gasteiger partial charge is 0.309 e. The summed E-state index contributed by atoms with van der Waals surface area (Å²) in [5, 5.41) is 0.00777. The second-order valence-electron chi connectivity index (χ2n) is 14.4. The predicted octanol–water partition coefficient (Wildman–Crippen LogP) is 9.42. The SMILES string of the molecule is C=C[C@H](C)[C@H](O[Si](C)(C)C(C)(C)C)[C@@H](C)C(=O)C(C)(C)[C@H](CC(=O)OC1CC=C(C)C=C1C)O[Si](CC)(CC)CC. The summed E-state index contributed by atoms with van der Waals surface area (Å²) in [5.74, 6) is -0.650. The highest BCUT2D eigenvalue weighted by molar-refractivity contribution is 6.74. The van der Waals surface area contributed by atoms with Gasteiger partial charge in [-0.25, -0.2) is 0 Å². The molecule has 5 nitrogen and oxygen atoms in total. The first kappa shape index (κ1) is 37.7. The van der Waals surface area contributed by atoms with E-state index >= 15 is 0 Å². The van der Waals surface area contributed by atoms with Crippen LogP contribution >= 0.6 is 0 Å². The van der Waals surface area contributed by atoms with Crippen LogP contribution in [0.4, 0.5) is 0 Å². The van der Waals surface area contributed by atoms with Crippen LogP contribution < -0.4 is 0 Å². The van der Waals surface area contributed by atoms with Crippen molar-refractivity contribution in [1.82, 2.24) is 0 Å². The molecule has 0 aromatic rings. The molecule has 0 N–H and O–H groups in total. The first-order valence-electron chi connectivity index (χ1n) is 15.8. The van der Waals surface area contributed by atoms with Gasteiger partial charge in [0.15, 0.2) is 16.6 Å². The van der Waals surface area contributed by atoms with Crippen molar-refractivity contribution in [1.29, 1.82) is 0 Å². The Morgan fingerprint density at radius 3 is 2.00 bits per heavy atom. The number of carbonyl (C=O) groups is 2. The lowest BCUT2D eigenvalue weighted by Crippen LogP contribution is -2.53. The molecule has 7 heteroatoms. The van der Waals surface area contributed by atoms with Crippen molar-refractivity contribution in [3.63, 3.8) is 0 Å². The molecule has 0 saturated heterocycles. The molecule has 41 heavy (non-hydrogen) atoms. The van der Waals surface area contributed by atoms with Gasteiger partial charge in [0.2, 0.25) is 0 Å². The van der Waals surface area contributed by atoms with Gasteiger partial charge in [-0.15, -0.1) is 6.58 Å².